The van der Waals surface area contributed by atoms with Gasteiger partial charge in [0.15, 0.2) is 0 Å². The van der Waals surface area contributed by atoms with Crippen molar-refractivity contribution in [1.82, 2.24) is 4.90 Å². The van der Waals surface area contributed by atoms with Gasteiger partial charge in [-0.1, -0.05) is 12.1 Å². The summed E-state index contributed by atoms with van der Waals surface area (Å²) in [4.78, 5) is 24.7. The third kappa shape index (κ3) is 1.88. The van der Waals surface area contributed by atoms with Crippen LogP contribution in [-0.2, 0) is 4.79 Å². The maximum atomic E-state index is 13.8. The Hall–Kier alpha value is -1.91. The van der Waals surface area contributed by atoms with Crippen molar-refractivity contribution in [2.24, 2.45) is 11.3 Å². The minimum atomic E-state index is -0.759. The van der Waals surface area contributed by atoms with Crippen molar-refractivity contribution in [3.8, 4) is 0 Å². The average molecular weight is 277 g/mol. The molecule has 0 atom stereocenters. The van der Waals surface area contributed by atoms with Crippen molar-refractivity contribution in [2.45, 2.75) is 19.8 Å². The number of benzene rings is 1. The standard InChI is InChI=1S/C15H16FNO3/c1-9-3-2-4-11(16)12(9)13(18)17-7-15(8-17)5-10(6-15)14(19)20/h2-4,10H,5-8H2,1H3,(H,19,20). The number of halogens is 1. The van der Waals surface area contributed by atoms with Crippen LogP contribution in [0.25, 0.3) is 0 Å². The molecule has 2 aliphatic rings. The molecule has 0 unspecified atom stereocenters. The monoisotopic (exact) mass is 277 g/mol. The molecule has 0 radical (unpaired) electrons. The molecule has 1 heterocycles. The third-order valence-corrected chi connectivity index (χ3v) is 4.48. The van der Waals surface area contributed by atoms with Gasteiger partial charge in [-0.3, -0.25) is 9.59 Å². The first-order chi connectivity index (χ1) is 9.42. The van der Waals surface area contributed by atoms with Crippen LogP contribution >= 0.6 is 0 Å². The number of carbonyl (C=O) groups excluding carboxylic acids is 1. The second-order valence-corrected chi connectivity index (χ2v) is 6.04. The van der Waals surface area contributed by atoms with E-state index in [0.717, 1.165) is 0 Å². The number of amides is 1. The van der Waals surface area contributed by atoms with Crippen LogP contribution < -0.4 is 0 Å². The number of aliphatic carboxylic acids is 1. The summed E-state index contributed by atoms with van der Waals surface area (Å²) in [7, 11) is 0. The van der Waals surface area contributed by atoms with Gasteiger partial charge in [-0.05, 0) is 31.4 Å². The first-order valence-electron chi connectivity index (χ1n) is 6.69. The second-order valence-electron chi connectivity index (χ2n) is 6.04. The first-order valence-corrected chi connectivity index (χ1v) is 6.69. The van der Waals surface area contributed by atoms with E-state index in [1.807, 2.05) is 0 Å². The number of hydrogen-bond acceptors (Lipinski definition) is 2. The van der Waals surface area contributed by atoms with E-state index in [1.165, 1.54) is 6.07 Å². The van der Waals surface area contributed by atoms with Gasteiger partial charge in [0.05, 0.1) is 11.5 Å². The number of rotatable bonds is 2. The number of carboxylic acid groups (broad SMARTS) is 1. The molecule has 5 heteroatoms. The first kappa shape index (κ1) is 13.1. The summed E-state index contributed by atoms with van der Waals surface area (Å²) in [6.45, 7) is 2.81. The number of nitrogens with zero attached hydrogens (tertiary/aromatic N) is 1. The lowest BCUT2D eigenvalue weighted by Crippen LogP contribution is -2.64. The van der Waals surface area contributed by atoms with Gasteiger partial charge in [0, 0.05) is 18.5 Å². The number of carboxylic acids is 1. The fourth-order valence-corrected chi connectivity index (χ4v) is 3.39. The van der Waals surface area contributed by atoms with Crippen LogP contribution in [0.1, 0.15) is 28.8 Å². The highest BCUT2D eigenvalue weighted by molar-refractivity contribution is 5.96. The van der Waals surface area contributed by atoms with Crippen molar-refractivity contribution >= 4 is 11.9 Å². The topological polar surface area (TPSA) is 57.6 Å². The molecule has 0 bridgehead atoms. The molecule has 2 fully saturated rings. The molecule has 1 saturated heterocycles. The zero-order chi connectivity index (χ0) is 14.5. The van der Waals surface area contributed by atoms with Gasteiger partial charge >= 0.3 is 5.97 Å². The SMILES string of the molecule is Cc1cccc(F)c1C(=O)N1CC2(CC(C(=O)O)C2)C1. The lowest BCUT2D eigenvalue weighted by Gasteiger charge is -2.58. The molecule has 1 aromatic carbocycles. The molecule has 1 aliphatic carbocycles. The van der Waals surface area contributed by atoms with Crippen LogP contribution in [-0.4, -0.2) is 35.0 Å². The minimum absolute atomic E-state index is 0.0299. The fourth-order valence-electron chi connectivity index (χ4n) is 3.39. The van der Waals surface area contributed by atoms with Gasteiger partial charge in [0.1, 0.15) is 5.82 Å². The van der Waals surface area contributed by atoms with E-state index in [1.54, 1.807) is 24.0 Å². The van der Waals surface area contributed by atoms with E-state index in [-0.39, 0.29) is 22.8 Å². The van der Waals surface area contributed by atoms with Gasteiger partial charge in [0.25, 0.3) is 5.91 Å². The molecular formula is C15H16FNO3. The van der Waals surface area contributed by atoms with Crippen LogP contribution in [0.15, 0.2) is 18.2 Å². The maximum absolute atomic E-state index is 13.8. The predicted molar refractivity (Wildman–Crippen MR) is 69.8 cm³/mol. The largest absolute Gasteiger partial charge is 0.481 e. The van der Waals surface area contributed by atoms with Crippen molar-refractivity contribution in [3.63, 3.8) is 0 Å². The molecule has 1 aliphatic heterocycles. The molecule has 1 N–H and O–H groups in total. The Morgan fingerprint density at radius 3 is 2.55 bits per heavy atom. The summed E-state index contributed by atoms with van der Waals surface area (Å²) >= 11 is 0. The molecule has 1 amide bonds. The van der Waals surface area contributed by atoms with Gasteiger partial charge in [-0.2, -0.15) is 0 Å². The van der Waals surface area contributed by atoms with Crippen molar-refractivity contribution in [3.05, 3.63) is 35.1 Å². The van der Waals surface area contributed by atoms with Crippen LogP contribution in [0.2, 0.25) is 0 Å². The summed E-state index contributed by atoms with van der Waals surface area (Å²) in [5.41, 5.74) is 0.738. The Morgan fingerprint density at radius 1 is 1.35 bits per heavy atom. The van der Waals surface area contributed by atoms with Crippen molar-refractivity contribution in [2.75, 3.05) is 13.1 Å². The number of hydrogen-bond donors (Lipinski definition) is 1. The molecule has 20 heavy (non-hydrogen) atoms. The maximum Gasteiger partial charge on any atom is 0.306 e. The van der Waals surface area contributed by atoms with Crippen LogP contribution in [0, 0.1) is 24.1 Å². The predicted octanol–water partition coefficient (Wildman–Crippen LogP) is 2.07. The Balaban J connectivity index is 1.66. The minimum Gasteiger partial charge on any atom is -0.481 e. The summed E-state index contributed by atoms with van der Waals surface area (Å²) in [5, 5.41) is 8.88. The van der Waals surface area contributed by atoms with E-state index < -0.39 is 11.8 Å². The van der Waals surface area contributed by atoms with E-state index in [4.69, 9.17) is 5.11 Å². The fraction of sp³-hybridized carbons (Fsp3) is 0.467. The molecule has 1 spiro atoms. The van der Waals surface area contributed by atoms with E-state index in [2.05, 4.69) is 0 Å². The Bertz CT molecular complexity index is 565. The average Bonchev–Trinajstić information content (AvgIpc) is 2.24. The highest BCUT2D eigenvalue weighted by Gasteiger charge is 2.55. The zero-order valence-corrected chi connectivity index (χ0v) is 11.2. The van der Waals surface area contributed by atoms with Gasteiger partial charge < -0.3 is 10.0 Å². The lowest BCUT2D eigenvalue weighted by atomic mass is 9.57. The molecule has 3 rings (SSSR count). The highest BCUT2D eigenvalue weighted by atomic mass is 19.1. The van der Waals surface area contributed by atoms with Gasteiger partial charge in [-0.15, -0.1) is 0 Å². The van der Waals surface area contributed by atoms with E-state index in [0.29, 0.717) is 31.5 Å². The number of aryl methyl sites for hydroxylation is 1. The summed E-state index contributed by atoms with van der Waals surface area (Å²) in [6, 6.07) is 4.59. The van der Waals surface area contributed by atoms with Crippen LogP contribution in [0.4, 0.5) is 4.39 Å². The van der Waals surface area contributed by atoms with E-state index >= 15 is 0 Å². The van der Waals surface area contributed by atoms with Crippen LogP contribution in [0.3, 0.4) is 0 Å². The third-order valence-electron chi connectivity index (χ3n) is 4.48. The zero-order valence-electron chi connectivity index (χ0n) is 11.2. The number of likely N-dealkylation sites (tertiary alicyclic amines) is 1. The Morgan fingerprint density at radius 2 is 2.00 bits per heavy atom. The van der Waals surface area contributed by atoms with Gasteiger partial charge in [-0.25, -0.2) is 4.39 Å². The normalized spacial score (nSPS) is 20.4. The highest BCUT2D eigenvalue weighted by Crippen LogP contribution is 2.52. The van der Waals surface area contributed by atoms with E-state index in [9.17, 15) is 14.0 Å². The molecule has 106 valence electrons. The van der Waals surface area contributed by atoms with Crippen molar-refractivity contribution < 1.29 is 19.1 Å². The lowest BCUT2D eigenvalue weighted by molar-refractivity contribution is -0.157. The quantitative estimate of drug-likeness (QED) is 0.900. The Labute approximate surface area is 116 Å². The molecule has 0 aromatic heterocycles. The summed E-state index contributed by atoms with van der Waals surface area (Å²) in [6.07, 6.45) is 1.25. The molecule has 1 saturated carbocycles. The smallest absolute Gasteiger partial charge is 0.306 e. The summed E-state index contributed by atoms with van der Waals surface area (Å²) in [5.74, 6) is -1.81. The summed E-state index contributed by atoms with van der Waals surface area (Å²) < 4.78 is 13.8. The molecular weight excluding hydrogens is 261 g/mol. The Kier molecular flexibility index (Phi) is 2.81. The van der Waals surface area contributed by atoms with Crippen LogP contribution in [0.5, 0.6) is 0 Å². The molecule has 4 nitrogen and oxygen atoms in total. The second kappa shape index (κ2) is 4.30. The molecule has 1 aromatic rings. The van der Waals surface area contributed by atoms with Gasteiger partial charge in [0.2, 0.25) is 0 Å². The van der Waals surface area contributed by atoms with Crippen molar-refractivity contribution in [1.29, 1.82) is 0 Å². The number of carbonyl (C=O) groups is 2.